The molecule has 0 radical (unpaired) electrons. The van der Waals surface area contributed by atoms with Gasteiger partial charge in [0, 0.05) is 0 Å². The van der Waals surface area contributed by atoms with Crippen molar-refractivity contribution in [1.82, 2.24) is 0 Å². The van der Waals surface area contributed by atoms with Gasteiger partial charge in [-0.3, -0.25) is 0 Å². The third-order valence-electron chi connectivity index (χ3n) is 3.29. The second-order valence-corrected chi connectivity index (χ2v) is 3.96. The summed E-state index contributed by atoms with van der Waals surface area (Å²) >= 11 is 0. The largest absolute Gasteiger partial charge is 0.0654 e. The van der Waals surface area contributed by atoms with Crippen LogP contribution in [0.3, 0.4) is 0 Å². The Kier molecular flexibility index (Phi) is 2.76. The van der Waals surface area contributed by atoms with Crippen molar-refractivity contribution in [2.75, 3.05) is 0 Å². The van der Waals surface area contributed by atoms with Crippen LogP contribution in [0.4, 0.5) is 0 Å². The summed E-state index contributed by atoms with van der Waals surface area (Å²) in [6.07, 6.45) is 5.81. The van der Waals surface area contributed by atoms with E-state index in [9.17, 15) is 0 Å². The molecule has 0 nitrogen and oxygen atoms in total. The van der Waals surface area contributed by atoms with Crippen LogP contribution >= 0.6 is 0 Å². The van der Waals surface area contributed by atoms with Crippen molar-refractivity contribution in [1.29, 1.82) is 0 Å². The molecule has 60 valence electrons. The van der Waals surface area contributed by atoms with Crippen LogP contribution < -0.4 is 0 Å². The van der Waals surface area contributed by atoms with Gasteiger partial charge >= 0.3 is 0 Å². The summed E-state index contributed by atoms with van der Waals surface area (Å²) in [7, 11) is 0. The molecule has 0 spiro atoms. The van der Waals surface area contributed by atoms with E-state index in [-0.39, 0.29) is 0 Å². The van der Waals surface area contributed by atoms with Gasteiger partial charge in [-0.15, -0.1) is 0 Å². The summed E-state index contributed by atoms with van der Waals surface area (Å²) in [6.45, 7) is 7.13. The van der Waals surface area contributed by atoms with Crippen LogP contribution in [0.15, 0.2) is 0 Å². The van der Waals surface area contributed by atoms with Crippen LogP contribution in [0.1, 0.15) is 46.5 Å². The summed E-state index contributed by atoms with van der Waals surface area (Å²) in [5.41, 5.74) is 0. The van der Waals surface area contributed by atoms with Crippen LogP contribution in [0.25, 0.3) is 0 Å². The topological polar surface area (TPSA) is 0 Å². The lowest BCUT2D eigenvalue weighted by Gasteiger charge is -2.16. The number of rotatable bonds is 2. The maximum absolute atomic E-state index is 2.43. The maximum Gasteiger partial charge on any atom is -0.0386 e. The molecule has 0 heteroatoms. The van der Waals surface area contributed by atoms with Gasteiger partial charge in [0.2, 0.25) is 0 Å². The molecule has 3 atom stereocenters. The van der Waals surface area contributed by atoms with Crippen LogP contribution in [0.5, 0.6) is 0 Å². The van der Waals surface area contributed by atoms with E-state index in [2.05, 4.69) is 20.8 Å². The molecule has 0 aromatic carbocycles. The van der Waals surface area contributed by atoms with Crippen molar-refractivity contribution in [2.24, 2.45) is 17.8 Å². The molecule has 1 aliphatic carbocycles. The summed E-state index contributed by atoms with van der Waals surface area (Å²) in [5, 5.41) is 0. The Morgan fingerprint density at radius 3 is 2.30 bits per heavy atom. The second-order valence-electron chi connectivity index (χ2n) is 3.96. The molecule has 0 saturated heterocycles. The SMILES string of the molecule is CCCC1CC[C@H](C)C1C. The van der Waals surface area contributed by atoms with Gasteiger partial charge < -0.3 is 0 Å². The fourth-order valence-electron chi connectivity index (χ4n) is 2.25. The van der Waals surface area contributed by atoms with Gasteiger partial charge in [-0.2, -0.15) is 0 Å². The first kappa shape index (κ1) is 8.10. The highest BCUT2D eigenvalue weighted by molar-refractivity contribution is 4.78. The highest BCUT2D eigenvalue weighted by atomic mass is 14.3. The molecule has 1 aliphatic rings. The molecule has 0 aromatic heterocycles. The van der Waals surface area contributed by atoms with Crippen LogP contribution in [0.2, 0.25) is 0 Å². The molecule has 0 aromatic rings. The molecule has 0 heterocycles. The quantitative estimate of drug-likeness (QED) is 0.551. The maximum atomic E-state index is 2.43. The van der Waals surface area contributed by atoms with Crippen molar-refractivity contribution >= 4 is 0 Å². The van der Waals surface area contributed by atoms with Gasteiger partial charge in [0.15, 0.2) is 0 Å². The van der Waals surface area contributed by atoms with Crippen LogP contribution in [-0.4, -0.2) is 0 Å². The fraction of sp³-hybridized carbons (Fsp3) is 1.00. The lowest BCUT2D eigenvalue weighted by atomic mass is 9.89. The number of hydrogen-bond donors (Lipinski definition) is 0. The van der Waals surface area contributed by atoms with Gasteiger partial charge in [0.25, 0.3) is 0 Å². The highest BCUT2D eigenvalue weighted by Gasteiger charge is 2.28. The first-order chi connectivity index (χ1) is 4.75. The molecule has 2 unspecified atom stereocenters. The Morgan fingerprint density at radius 1 is 1.20 bits per heavy atom. The van der Waals surface area contributed by atoms with Gasteiger partial charge in [-0.1, -0.05) is 40.0 Å². The summed E-state index contributed by atoms with van der Waals surface area (Å²) in [5.74, 6) is 3.05. The Labute approximate surface area is 65.0 Å². The van der Waals surface area contributed by atoms with Crippen molar-refractivity contribution in [3.05, 3.63) is 0 Å². The van der Waals surface area contributed by atoms with Crippen molar-refractivity contribution < 1.29 is 0 Å². The molecular formula is C10H20. The van der Waals surface area contributed by atoms with Crippen molar-refractivity contribution in [2.45, 2.75) is 46.5 Å². The van der Waals surface area contributed by atoms with E-state index in [1.807, 2.05) is 0 Å². The summed E-state index contributed by atoms with van der Waals surface area (Å²) in [6, 6.07) is 0. The first-order valence-corrected chi connectivity index (χ1v) is 4.75. The van der Waals surface area contributed by atoms with E-state index < -0.39 is 0 Å². The monoisotopic (exact) mass is 140 g/mol. The lowest BCUT2D eigenvalue weighted by molar-refractivity contribution is 0.337. The van der Waals surface area contributed by atoms with E-state index in [0.717, 1.165) is 17.8 Å². The summed E-state index contributed by atoms with van der Waals surface area (Å²) < 4.78 is 0. The standard InChI is InChI=1S/C10H20/c1-4-5-10-7-6-8(2)9(10)3/h8-10H,4-7H2,1-3H3/t8-,9?,10?/m0/s1. The molecule has 10 heavy (non-hydrogen) atoms. The number of hydrogen-bond acceptors (Lipinski definition) is 0. The predicted octanol–water partition coefficient (Wildman–Crippen LogP) is 3.47. The zero-order valence-electron chi connectivity index (χ0n) is 7.56. The molecule has 0 amide bonds. The molecule has 1 rings (SSSR count). The smallest absolute Gasteiger partial charge is 0.0386 e. The Bertz CT molecular complexity index is 94.2. The van der Waals surface area contributed by atoms with Crippen molar-refractivity contribution in [3.8, 4) is 0 Å². The van der Waals surface area contributed by atoms with E-state index >= 15 is 0 Å². The molecule has 0 N–H and O–H groups in total. The average molecular weight is 140 g/mol. The minimum absolute atomic E-state index is 0.997. The highest BCUT2D eigenvalue weighted by Crippen LogP contribution is 2.38. The van der Waals surface area contributed by atoms with E-state index in [1.165, 1.54) is 25.7 Å². The van der Waals surface area contributed by atoms with E-state index in [1.54, 1.807) is 0 Å². The third-order valence-corrected chi connectivity index (χ3v) is 3.29. The minimum Gasteiger partial charge on any atom is -0.0654 e. The lowest BCUT2D eigenvalue weighted by Crippen LogP contribution is -2.08. The van der Waals surface area contributed by atoms with Crippen LogP contribution in [0, 0.1) is 17.8 Å². The predicted molar refractivity (Wildman–Crippen MR) is 46.0 cm³/mol. The first-order valence-electron chi connectivity index (χ1n) is 4.75. The Morgan fingerprint density at radius 2 is 1.90 bits per heavy atom. The molecular weight excluding hydrogens is 120 g/mol. The fourth-order valence-corrected chi connectivity index (χ4v) is 2.25. The molecule has 0 bridgehead atoms. The van der Waals surface area contributed by atoms with Gasteiger partial charge in [-0.25, -0.2) is 0 Å². The van der Waals surface area contributed by atoms with Gasteiger partial charge in [0.1, 0.15) is 0 Å². The van der Waals surface area contributed by atoms with E-state index in [4.69, 9.17) is 0 Å². The molecule has 1 saturated carbocycles. The zero-order chi connectivity index (χ0) is 7.56. The third kappa shape index (κ3) is 1.53. The summed E-state index contributed by atoms with van der Waals surface area (Å²) in [4.78, 5) is 0. The van der Waals surface area contributed by atoms with Crippen molar-refractivity contribution in [3.63, 3.8) is 0 Å². The Hall–Kier alpha value is 0. The minimum atomic E-state index is 0.997. The average Bonchev–Trinajstić information content (AvgIpc) is 2.20. The second kappa shape index (κ2) is 3.41. The molecule has 1 fully saturated rings. The van der Waals surface area contributed by atoms with Gasteiger partial charge in [0.05, 0.1) is 0 Å². The van der Waals surface area contributed by atoms with Crippen LogP contribution in [-0.2, 0) is 0 Å². The zero-order valence-corrected chi connectivity index (χ0v) is 7.56. The normalized spacial score (nSPS) is 40.5. The van der Waals surface area contributed by atoms with Gasteiger partial charge in [-0.05, 0) is 24.2 Å². The van der Waals surface area contributed by atoms with E-state index in [0.29, 0.717) is 0 Å². The molecule has 0 aliphatic heterocycles. The Balaban J connectivity index is 2.33.